The number of nitriles is 1. The molecule has 2 aromatic heterocycles. The number of imidazole rings is 1. The molecule has 0 aliphatic carbocycles. The first-order valence-electron chi connectivity index (χ1n) is 9.38. The van der Waals surface area contributed by atoms with Crippen LogP contribution in [0.4, 0.5) is 5.69 Å². The first kappa shape index (κ1) is 19.2. The Bertz CT molecular complexity index is 1370. The van der Waals surface area contributed by atoms with Gasteiger partial charge in [-0.15, -0.1) is 0 Å². The van der Waals surface area contributed by atoms with Crippen molar-refractivity contribution >= 4 is 28.4 Å². The molecule has 7 heteroatoms. The van der Waals surface area contributed by atoms with Crippen molar-refractivity contribution in [1.82, 2.24) is 14.1 Å². The van der Waals surface area contributed by atoms with Gasteiger partial charge in [-0.2, -0.15) is 5.26 Å². The van der Waals surface area contributed by atoms with Crippen molar-refractivity contribution in [3.05, 3.63) is 87.5 Å². The molecule has 0 unspecified atom stereocenters. The van der Waals surface area contributed by atoms with Crippen LogP contribution >= 0.6 is 0 Å². The molecule has 0 atom stereocenters. The third-order valence-electron chi connectivity index (χ3n) is 5.22. The molecule has 0 N–H and O–H groups in total. The number of hydrogen-bond acceptors (Lipinski definition) is 4. The van der Waals surface area contributed by atoms with Crippen molar-refractivity contribution in [1.29, 1.82) is 5.26 Å². The predicted molar refractivity (Wildman–Crippen MR) is 116 cm³/mol. The molecule has 0 aliphatic heterocycles. The maximum atomic E-state index is 11.1. The van der Waals surface area contributed by atoms with Gasteiger partial charge < -0.3 is 9.13 Å². The Morgan fingerprint density at radius 2 is 1.93 bits per heavy atom. The fraction of sp³-hybridized carbons (Fsp3) is 0.130. The second-order valence-corrected chi connectivity index (χ2v) is 7.09. The standard InChI is InChI=1S/C23H19N5O2/c1-15-11-17(16(2)27(15)19-7-6-8-20(13-19)28(29)30)12-18(14-24)23-25-21-9-4-5-10-22(21)26(23)3/h4-13H,1-3H3/b18-12+. The molecule has 0 fully saturated rings. The van der Waals surface area contributed by atoms with E-state index in [1.165, 1.54) is 6.07 Å². The molecule has 0 aliphatic rings. The number of aromatic nitrogens is 3. The van der Waals surface area contributed by atoms with Gasteiger partial charge in [-0.1, -0.05) is 18.2 Å². The molecule has 0 radical (unpaired) electrons. The van der Waals surface area contributed by atoms with Crippen LogP contribution in [0.5, 0.6) is 0 Å². The summed E-state index contributed by atoms with van der Waals surface area (Å²) in [6.07, 6.45) is 1.82. The van der Waals surface area contributed by atoms with Crippen LogP contribution in [0.1, 0.15) is 22.8 Å². The molecule has 0 saturated heterocycles. The first-order chi connectivity index (χ1) is 14.4. The average molecular weight is 397 g/mol. The number of nitro benzene ring substituents is 1. The van der Waals surface area contributed by atoms with Gasteiger partial charge in [-0.3, -0.25) is 10.1 Å². The van der Waals surface area contributed by atoms with Crippen molar-refractivity contribution in [2.45, 2.75) is 13.8 Å². The molecule has 2 aromatic carbocycles. The summed E-state index contributed by atoms with van der Waals surface area (Å²) in [5, 5.41) is 21.0. The van der Waals surface area contributed by atoms with E-state index < -0.39 is 4.92 Å². The van der Waals surface area contributed by atoms with E-state index in [-0.39, 0.29) is 5.69 Å². The lowest BCUT2D eigenvalue weighted by molar-refractivity contribution is -0.384. The highest BCUT2D eigenvalue weighted by Gasteiger charge is 2.16. The Labute approximate surface area is 173 Å². The number of para-hydroxylation sites is 2. The smallest absolute Gasteiger partial charge is 0.271 e. The molecular weight excluding hydrogens is 378 g/mol. The highest BCUT2D eigenvalue weighted by molar-refractivity contribution is 5.91. The third kappa shape index (κ3) is 3.14. The average Bonchev–Trinajstić information content (AvgIpc) is 3.22. The lowest BCUT2D eigenvalue weighted by Crippen LogP contribution is -2.00. The number of benzene rings is 2. The topological polar surface area (TPSA) is 89.7 Å². The van der Waals surface area contributed by atoms with E-state index in [4.69, 9.17) is 0 Å². The summed E-state index contributed by atoms with van der Waals surface area (Å²) >= 11 is 0. The van der Waals surface area contributed by atoms with Crippen molar-refractivity contribution in [2.24, 2.45) is 7.05 Å². The van der Waals surface area contributed by atoms with E-state index in [9.17, 15) is 15.4 Å². The number of allylic oxidation sites excluding steroid dienone is 1. The van der Waals surface area contributed by atoms with Crippen LogP contribution in [0.2, 0.25) is 0 Å². The summed E-state index contributed by atoms with van der Waals surface area (Å²) in [6, 6.07) is 18.5. The number of nitro groups is 1. The molecule has 0 amide bonds. The molecule has 0 bridgehead atoms. The predicted octanol–water partition coefficient (Wildman–Crippen LogP) is 4.95. The maximum Gasteiger partial charge on any atom is 0.271 e. The number of rotatable bonds is 4. The lowest BCUT2D eigenvalue weighted by Gasteiger charge is -2.09. The van der Waals surface area contributed by atoms with Crippen LogP contribution < -0.4 is 0 Å². The maximum absolute atomic E-state index is 11.1. The van der Waals surface area contributed by atoms with Crippen LogP contribution in [0.3, 0.4) is 0 Å². The minimum absolute atomic E-state index is 0.0366. The highest BCUT2D eigenvalue weighted by Crippen LogP contribution is 2.27. The minimum atomic E-state index is -0.405. The van der Waals surface area contributed by atoms with Gasteiger partial charge in [-0.05, 0) is 49.8 Å². The largest absolute Gasteiger partial charge is 0.327 e. The van der Waals surface area contributed by atoms with Gasteiger partial charge in [0.1, 0.15) is 6.07 Å². The third-order valence-corrected chi connectivity index (χ3v) is 5.22. The van der Waals surface area contributed by atoms with Crippen LogP contribution in [-0.4, -0.2) is 19.0 Å². The van der Waals surface area contributed by atoms with E-state index in [0.29, 0.717) is 17.1 Å². The van der Waals surface area contributed by atoms with Crippen LogP contribution in [0, 0.1) is 35.3 Å². The van der Waals surface area contributed by atoms with Gasteiger partial charge >= 0.3 is 0 Å². The van der Waals surface area contributed by atoms with Crippen molar-refractivity contribution in [3.8, 4) is 11.8 Å². The van der Waals surface area contributed by atoms with E-state index >= 15 is 0 Å². The first-order valence-corrected chi connectivity index (χ1v) is 9.38. The second kappa shape index (κ2) is 7.33. The monoisotopic (exact) mass is 397 g/mol. The van der Waals surface area contributed by atoms with Crippen molar-refractivity contribution in [2.75, 3.05) is 0 Å². The zero-order valence-corrected chi connectivity index (χ0v) is 16.8. The van der Waals surface area contributed by atoms with Gasteiger partial charge in [0, 0.05) is 30.6 Å². The Morgan fingerprint density at radius 1 is 1.17 bits per heavy atom. The molecule has 4 rings (SSSR count). The Balaban J connectivity index is 1.83. The normalized spacial score (nSPS) is 11.6. The van der Waals surface area contributed by atoms with Crippen molar-refractivity contribution in [3.63, 3.8) is 0 Å². The van der Waals surface area contributed by atoms with Gasteiger partial charge in [0.05, 0.1) is 27.2 Å². The molecule has 0 spiro atoms. The van der Waals surface area contributed by atoms with E-state index in [1.54, 1.807) is 12.1 Å². The van der Waals surface area contributed by atoms with Crippen LogP contribution in [-0.2, 0) is 7.05 Å². The van der Waals surface area contributed by atoms with Crippen LogP contribution in [0.15, 0.2) is 54.6 Å². The molecule has 0 saturated carbocycles. The number of non-ortho nitro benzene ring substituents is 1. The summed E-state index contributed by atoms with van der Waals surface area (Å²) in [4.78, 5) is 15.4. The molecular formula is C23H19N5O2. The second-order valence-electron chi connectivity index (χ2n) is 7.09. The number of aryl methyl sites for hydroxylation is 2. The summed E-state index contributed by atoms with van der Waals surface area (Å²) in [5.74, 6) is 0.596. The van der Waals surface area contributed by atoms with Crippen LogP contribution in [0.25, 0.3) is 28.4 Å². The molecule has 2 heterocycles. The Morgan fingerprint density at radius 3 is 2.63 bits per heavy atom. The number of hydrogen-bond donors (Lipinski definition) is 0. The molecule has 148 valence electrons. The van der Waals surface area contributed by atoms with Gasteiger partial charge in [0.2, 0.25) is 0 Å². The molecule has 30 heavy (non-hydrogen) atoms. The summed E-state index contributed by atoms with van der Waals surface area (Å²) < 4.78 is 3.85. The lowest BCUT2D eigenvalue weighted by atomic mass is 10.1. The summed E-state index contributed by atoms with van der Waals surface area (Å²) in [6.45, 7) is 3.87. The van der Waals surface area contributed by atoms with Crippen molar-refractivity contribution < 1.29 is 4.92 Å². The highest BCUT2D eigenvalue weighted by atomic mass is 16.6. The minimum Gasteiger partial charge on any atom is -0.327 e. The van der Waals surface area contributed by atoms with E-state index in [2.05, 4.69) is 11.1 Å². The van der Waals surface area contributed by atoms with Gasteiger partial charge in [-0.25, -0.2) is 4.98 Å². The van der Waals surface area contributed by atoms with E-state index in [1.807, 2.05) is 72.5 Å². The fourth-order valence-electron chi connectivity index (χ4n) is 3.77. The van der Waals surface area contributed by atoms with Gasteiger partial charge in [0.25, 0.3) is 5.69 Å². The zero-order chi connectivity index (χ0) is 21.4. The summed E-state index contributed by atoms with van der Waals surface area (Å²) in [7, 11) is 1.89. The van der Waals surface area contributed by atoms with Gasteiger partial charge in [0.15, 0.2) is 5.82 Å². The molecule has 4 aromatic rings. The fourth-order valence-corrected chi connectivity index (χ4v) is 3.77. The number of nitrogens with zero attached hydrogens (tertiary/aromatic N) is 5. The molecule has 7 nitrogen and oxygen atoms in total. The van der Waals surface area contributed by atoms with E-state index in [0.717, 1.165) is 28.0 Å². The number of fused-ring (bicyclic) bond motifs is 1. The summed E-state index contributed by atoms with van der Waals surface area (Å²) in [5.41, 5.74) is 5.65. The Hall–Kier alpha value is -4.18. The zero-order valence-electron chi connectivity index (χ0n) is 16.8. The quantitative estimate of drug-likeness (QED) is 0.277. The SMILES string of the molecule is Cc1cc(/C=C(\C#N)c2nc3ccccc3n2C)c(C)n1-c1cccc([N+](=O)[O-])c1. The Kier molecular flexibility index (Phi) is 4.68.